The molecule has 6 nitrogen and oxygen atoms in total. The maximum Gasteiger partial charge on any atom is 0.349 e. The normalized spacial score (nSPS) is 19.0. The topological polar surface area (TPSA) is 74.2 Å². The van der Waals surface area contributed by atoms with Gasteiger partial charge in [0.15, 0.2) is 29.1 Å². The molecular formula is C17H16O6. The smallest absolute Gasteiger partial charge is 0.349 e. The minimum atomic E-state index is -1.15. The van der Waals surface area contributed by atoms with E-state index in [1.807, 2.05) is 0 Å². The van der Waals surface area contributed by atoms with Crippen molar-refractivity contribution in [1.82, 2.24) is 0 Å². The largest absolute Gasteiger partial charge is 0.493 e. The number of benzene rings is 2. The van der Waals surface area contributed by atoms with Crippen molar-refractivity contribution in [3.05, 3.63) is 48.0 Å². The van der Waals surface area contributed by atoms with Crippen molar-refractivity contribution >= 4 is 5.97 Å². The van der Waals surface area contributed by atoms with Gasteiger partial charge in [-0.15, -0.1) is 0 Å². The Labute approximate surface area is 133 Å². The summed E-state index contributed by atoms with van der Waals surface area (Å²) in [5.74, 6) is 0.873. The summed E-state index contributed by atoms with van der Waals surface area (Å²) in [5.41, 5.74) is 0.629. The lowest BCUT2D eigenvalue weighted by Gasteiger charge is -2.32. The molecule has 0 fully saturated rings. The molecule has 1 N–H and O–H groups in total. The number of para-hydroxylation sites is 2. The van der Waals surface area contributed by atoms with E-state index in [0.29, 0.717) is 28.6 Å². The molecule has 2 unspecified atom stereocenters. The summed E-state index contributed by atoms with van der Waals surface area (Å²) in [4.78, 5) is 11.6. The van der Waals surface area contributed by atoms with Crippen molar-refractivity contribution in [2.45, 2.75) is 12.2 Å². The summed E-state index contributed by atoms with van der Waals surface area (Å²) >= 11 is 0. The molecule has 1 heterocycles. The number of fused-ring (bicyclic) bond motifs is 1. The molecule has 0 bridgehead atoms. The van der Waals surface area contributed by atoms with Crippen LogP contribution in [0.5, 0.6) is 23.0 Å². The lowest BCUT2D eigenvalue weighted by atomic mass is 10.0. The minimum Gasteiger partial charge on any atom is -0.493 e. The molecule has 23 heavy (non-hydrogen) atoms. The van der Waals surface area contributed by atoms with Crippen molar-refractivity contribution in [3.8, 4) is 23.0 Å². The number of methoxy groups -OCH3 is 2. The first kappa shape index (κ1) is 15.0. The third-order valence-corrected chi connectivity index (χ3v) is 3.61. The van der Waals surface area contributed by atoms with Gasteiger partial charge in [0.05, 0.1) is 14.2 Å². The predicted molar refractivity (Wildman–Crippen MR) is 81.4 cm³/mol. The Kier molecular flexibility index (Phi) is 3.97. The average molecular weight is 316 g/mol. The number of carboxylic acid groups (broad SMARTS) is 1. The first-order chi connectivity index (χ1) is 11.1. The zero-order chi connectivity index (χ0) is 16.4. The van der Waals surface area contributed by atoms with Crippen LogP contribution < -0.4 is 18.9 Å². The summed E-state index contributed by atoms with van der Waals surface area (Å²) in [5, 5.41) is 9.46. The fourth-order valence-electron chi connectivity index (χ4n) is 2.49. The summed E-state index contributed by atoms with van der Waals surface area (Å²) < 4.78 is 21.9. The van der Waals surface area contributed by atoms with E-state index < -0.39 is 18.2 Å². The van der Waals surface area contributed by atoms with Crippen LogP contribution >= 0.6 is 0 Å². The first-order valence-corrected chi connectivity index (χ1v) is 7.01. The lowest BCUT2D eigenvalue weighted by molar-refractivity contribution is -0.151. The van der Waals surface area contributed by atoms with Crippen molar-refractivity contribution in [2.75, 3.05) is 14.2 Å². The Morgan fingerprint density at radius 3 is 2.26 bits per heavy atom. The van der Waals surface area contributed by atoms with Crippen LogP contribution in [0.1, 0.15) is 11.7 Å². The van der Waals surface area contributed by atoms with Gasteiger partial charge in [0.2, 0.25) is 6.10 Å². The van der Waals surface area contributed by atoms with Crippen molar-refractivity contribution in [3.63, 3.8) is 0 Å². The Morgan fingerprint density at radius 1 is 1.00 bits per heavy atom. The van der Waals surface area contributed by atoms with Crippen LogP contribution in [0.15, 0.2) is 42.5 Å². The molecule has 0 aliphatic carbocycles. The van der Waals surface area contributed by atoms with E-state index >= 15 is 0 Å². The molecule has 0 amide bonds. The molecule has 3 rings (SSSR count). The summed E-state index contributed by atoms with van der Waals surface area (Å²) in [7, 11) is 3.05. The van der Waals surface area contributed by atoms with Crippen LogP contribution in [-0.2, 0) is 4.79 Å². The van der Waals surface area contributed by atoms with Gasteiger partial charge in [0, 0.05) is 5.56 Å². The number of hydrogen-bond donors (Lipinski definition) is 1. The highest BCUT2D eigenvalue weighted by Crippen LogP contribution is 2.41. The molecule has 120 valence electrons. The molecule has 1 aliphatic rings. The first-order valence-electron chi connectivity index (χ1n) is 7.01. The van der Waals surface area contributed by atoms with Crippen LogP contribution in [0, 0.1) is 0 Å². The zero-order valence-electron chi connectivity index (χ0n) is 12.7. The molecule has 2 aromatic carbocycles. The highest BCUT2D eigenvalue weighted by atomic mass is 16.6. The second-order valence-corrected chi connectivity index (χ2v) is 4.98. The number of ether oxygens (including phenoxy) is 4. The maximum atomic E-state index is 11.6. The molecular weight excluding hydrogens is 300 g/mol. The molecule has 2 aromatic rings. The van der Waals surface area contributed by atoms with E-state index in [4.69, 9.17) is 18.9 Å². The summed E-state index contributed by atoms with van der Waals surface area (Å²) in [6, 6.07) is 12.1. The Balaban J connectivity index is 2.01. The van der Waals surface area contributed by atoms with Gasteiger partial charge in [-0.25, -0.2) is 4.79 Å². The predicted octanol–water partition coefficient (Wildman–Crippen LogP) is 2.67. The van der Waals surface area contributed by atoms with Gasteiger partial charge in [0.1, 0.15) is 0 Å². The number of aliphatic carboxylic acids is 1. The van der Waals surface area contributed by atoms with Crippen LogP contribution in [0.3, 0.4) is 0 Å². The van der Waals surface area contributed by atoms with E-state index in [1.165, 1.54) is 14.2 Å². The summed E-state index contributed by atoms with van der Waals surface area (Å²) in [6.07, 6.45) is -1.94. The molecule has 0 radical (unpaired) electrons. The summed E-state index contributed by atoms with van der Waals surface area (Å²) in [6.45, 7) is 0. The van der Waals surface area contributed by atoms with E-state index in [9.17, 15) is 9.90 Å². The third kappa shape index (κ3) is 2.75. The average Bonchev–Trinajstić information content (AvgIpc) is 2.59. The molecule has 0 aromatic heterocycles. The van der Waals surface area contributed by atoms with Gasteiger partial charge in [-0.3, -0.25) is 0 Å². The quantitative estimate of drug-likeness (QED) is 0.935. The third-order valence-electron chi connectivity index (χ3n) is 3.61. The van der Waals surface area contributed by atoms with Gasteiger partial charge in [0.25, 0.3) is 0 Å². The molecule has 0 spiro atoms. The van der Waals surface area contributed by atoms with Crippen LogP contribution in [-0.4, -0.2) is 31.4 Å². The molecule has 1 aliphatic heterocycles. The second-order valence-electron chi connectivity index (χ2n) is 4.98. The van der Waals surface area contributed by atoms with Crippen LogP contribution in [0.25, 0.3) is 0 Å². The van der Waals surface area contributed by atoms with Gasteiger partial charge >= 0.3 is 5.97 Å². The van der Waals surface area contributed by atoms with E-state index in [-0.39, 0.29) is 0 Å². The molecule has 6 heteroatoms. The molecule has 0 saturated heterocycles. The van der Waals surface area contributed by atoms with Gasteiger partial charge in [-0.2, -0.15) is 0 Å². The highest BCUT2D eigenvalue weighted by Gasteiger charge is 2.38. The Morgan fingerprint density at radius 2 is 1.65 bits per heavy atom. The van der Waals surface area contributed by atoms with Gasteiger partial charge < -0.3 is 24.1 Å². The number of rotatable bonds is 4. The molecule has 2 atom stereocenters. The molecule has 0 saturated carbocycles. The lowest BCUT2D eigenvalue weighted by Crippen LogP contribution is -2.39. The van der Waals surface area contributed by atoms with E-state index in [0.717, 1.165) is 0 Å². The van der Waals surface area contributed by atoms with E-state index in [1.54, 1.807) is 42.5 Å². The van der Waals surface area contributed by atoms with Gasteiger partial charge in [-0.1, -0.05) is 18.2 Å². The van der Waals surface area contributed by atoms with Crippen molar-refractivity contribution in [1.29, 1.82) is 0 Å². The minimum absolute atomic E-state index is 0.414. The Hall–Kier alpha value is -2.89. The SMILES string of the molecule is COc1ccc(C2Oc3ccccc3OC2C(=O)O)cc1OC. The van der Waals surface area contributed by atoms with E-state index in [2.05, 4.69) is 0 Å². The number of carboxylic acids is 1. The van der Waals surface area contributed by atoms with Crippen molar-refractivity contribution in [2.24, 2.45) is 0 Å². The standard InChI is InChI=1S/C17H16O6/c1-20-11-8-7-10(9-14(11)21-2)15-16(17(18)19)23-13-6-4-3-5-12(13)22-15/h3-9,15-16H,1-2H3,(H,18,19). The van der Waals surface area contributed by atoms with Crippen LogP contribution in [0.2, 0.25) is 0 Å². The van der Waals surface area contributed by atoms with Gasteiger partial charge in [-0.05, 0) is 24.3 Å². The fourth-order valence-corrected chi connectivity index (χ4v) is 2.49. The maximum absolute atomic E-state index is 11.6. The van der Waals surface area contributed by atoms with Crippen molar-refractivity contribution < 1.29 is 28.8 Å². The Bertz CT molecular complexity index is 727. The van der Waals surface area contributed by atoms with Crippen LogP contribution in [0.4, 0.5) is 0 Å². The zero-order valence-corrected chi connectivity index (χ0v) is 12.7. The monoisotopic (exact) mass is 316 g/mol. The number of hydrogen-bond acceptors (Lipinski definition) is 5. The fraction of sp³-hybridized carbons (Fsp3) is 0.235. The highest BCUT2D eigenvalue weighted by molar-refractivity contribution is 5.75. The second kappa shape index (κ2) is 6.08. The number of carbonyl (C=O) groups is 1.